The third-order valence-electron chi connectivity index (χ3n) is 4.02. The van der Waals surface area contributed by atoms with E-state index in [1.54, 1.807) is 0 Å². The Hall–Kier alpha value is -1.36. The summed E-state index contributed by atoms with van der Waals surface area (Å²) < 4.78 is 24.9. The molecule has 0 bridgehead atoms. The van der Waals surface area contributed by atoms with Crippen molar-refractivity contribution in [2.75, 3.05) is 0 Å². The number of benzene rings is 1. The van der Waals surface area contributed by atoms with Crippen LogP contribution in [0.2, 0.25) is 10.0 Å². The van der Waals surface area contributed by atoms with Gasteiger partial charge in [-0.05, 0) is 38.3 Å². The minimum absolute atomic E-state index is 0.0245. The highest BCUT2D eigenvalue weighted by Crippen LogP contribution is 2.46. The van der Waals surface area contributed by atoms with Gasteiger partial charge in [0.05, 0.1) is 22.8 Å². The quantitative estimate of drug-likeness (QED) is 0.549. The Labute approximate surface area is 150 Å². The van der Waals surface area contributed by atoms with E-state index in [9.17, 15) is 4.39 Å². The lowest BCUT2D eigenvalue weighted by Crippen LogP contribution is -2.08. The van der Waals surface area contributed by atoms with Crippen molar-refractivity contribution in [2.24, 2.45) is 0 Å². The average Bonchev–Trinajstić information content (AvgIpc) is 3.26. The molecule has 3 nitrogen and oxygen atoms in total. The fourth-order valence-electron chi connectivity index (χ4n) is 2.62. The third kappa shape index (κ3) is 3.66. The van der Waals surface area contributed by atoms with E-state index in [1.165, 1.54) is 12.1 Å². The standard InChI is InChI=1S/C18H18Cl2FNO2/c1-3-4-10(2)23-9-13-17(22-24-18(13)11-5-6-11)16-14(19)7-12(21)8-15(16)20/h3,7-8,10-11H,1,4-6,9H2,2H3. The molecule has 1 heterocycles. The van der Waals surface area contributed by atoms with Crippen molar-refractivity contribution in [1.82, 2.24) is 5.16 Å². The first-order chi connectivity index (χ1) is 11.5. The van der Waals surface area contributed by atoms with Crippen molar-refractivity contribution in [3.63, 3.8) is 0 Å². The van der Waals surface area contributed by atoms with Crippen LogP contribution in [0.4, 0.5) is 4.39 Å². The number of ether oxygens (including phenoxy) is 1. The summed E-state index contributed by atoms with van der Waals surface area (Å²) >= 11 is 12.4. The number of hydrogen-bond acceptors (Lipinski definition) is 3. The van der Waals surface area contributed by atoms with Crippen LogP contribution in [0.3, 0.4) is 0 Å². The molecule has 0 radical (unpaired) electrons. The van der Waals surface area contributed by atoms with Crippen LogP contribution in [0.25, 0.3) is 11.3 Å². The Morgan fingerprint density at radius 1 is 1.42 bits per heavy atom. The summed E-state index contributed by atoms with van der Waals surface area (Å²) in [7, 11) is 0. The summed E-state index contributed by atoms with van der Waals surface area (Å²) in [5, 5.41) is 4.57. The molecule has 1 aromatic heterocycles. The van der Waals surface area contributed by atoms with E-state index in [-0.39, 0.29) is 16.1 Å². The molecule has 1 aromatic carbocycles. The highest BCUT2D eigenvalue weighted by atomic mass is 35.5. The zero-order chi connectivity index (χ0) is 17.3. The van der Waals surface area contributed by atoms with Gasteiger partial charge in [-0.3, -0.25) is 0 Å². The molecule has 1 saturated carbocycles. The van der Waals surface area contributed by atoms with Gasteiger partial charge in [0.25, 0.3) is 0 Å². The molecule has 1 atom stereocenters. The Morgan fingerprint density at radius 2 is 2.08 bits per heavy atom. The fraction of sp³-hybridized carbons (Fsp3) is 0.389. The van der Waals surface area contributed by atoms with E-state index in [0.717, 1.165) is 30.6 Å². The Morgan fingerprint density at radius 3 is 2.67 bits per heavy atom. The smallest absolute Gasteiger partial charge is 0.145 e. The summed E-state index contributed by atoms with van der Waals surface area (Å²) in [6, 6.07) is 2.44. The molecule has 1 fully saturated rings. The molecule has 3 rings (SSSR count). The second-order valence-corrected chi connectivity index (χ2v) is 6.85. The maximum absolute atomic E-state index is 13.5. The van der Waals surface area contributed by atoms with Gasteiger partial charge < -0.3 is 9.26 Å². The summed E-state index contributed by atoms with van der Waals surface area (Å²) in [4.78, 5) is 0. The van der Waals surface area contributed by atoms with Gasteiger partial charge in [-0.2, -0.15) is 0 Å². The molecule has 0 spiro atoms. The molecule has 0 amide bonds. The summed E-state index contributed by atoms with van der Waals surface area (Å²) in [6.45, 7) is 6.03. The van der Waals surface area contributed by atoms with E-state index in [0.29, 0.717) is 23.8 Å². The van der Waals surface area contributed by atoms with Gasteiger partial charge >= 0.3 is 0 Å². The number of halogens is 3. The van der Waals surface area contributed by atoms with Crippen LogP contribution in [0.15, 0.2) is 29.3 Å². The summed E-state index contributed by atoms with van der Waals surface area (Å²) in [6.07, 6.45) is 4.71. The summed E-state index contributed by atoms with van der Waals surface area (Å²) in [5.74, 6) is 0.682. The number of aromatic nitrogens is 1. The van der Waals surface area contributed by atoms with Crippen LogP contribution >= 0.6 is 23.2 Å². The van der Waals surface area contributed by atoms with Gasteiger partial charge in [0.2, 0.25) is 0 Å². The van der Waals surface area contributed by atoms with Crippen LogP contribution in [-0.2, 0) is 11.3 Å². The maximum atomic E-state index is 13.5. The molecule has 6 heteroatoms. The predicted octanol–water partition coefficient (Wildman–Crippen LogP) is 6.15. The van der Waals surface area contributed by atoms with Crippen molar-refractivity contribution < 1.29 is 13.7 Å². The van der Waals surface area contributed by atoms with Gasteiger partial charge in [0.15, 0.2) is 0 Å². The van der Waals surface area contributed by atoms with Crippen molar-refractivity contribution >= 4 is 23.2 Å². The monoisotopic (exact) mass is 369 g/mol. The van der Waals surface area contributed by atoms with Crippen LogP contribution in [0.1, 0.15) is 43.4 Å². The molecule has 0 saturated heterocycles. The average molecular weight is 370 g/mol. The first-order valence-electron chi connectivity index (χ1n) is 7.87. The molecular weight excluding hydrogens is 352 g/mol. The van der Waals surface area contributed by atoms with E-state index in [1.807, 2.05) is 13.0 Å². The lowest BCUT2D eigenvalue weighted by atomic mass is 10.0. The molecule has 1 unspecified atom stereocenters. The minimum atomic E-state index is -0.489. The van der Waals surface area contributed by atoms with Crippen molar-refractivity contribution in [3.8, 4) is 11.3 Å². The van der Waals surface area contributed by atoms with E-state index < -0.39 is 5.82 Å². The second kappa shape index (κ2) is 7.26. The molecule has 24 heavy (non-hydrogen) atoms. The van der Waals surface area contributed by atoms with Gasteiger partial charge in [-0.25, -0.2) is 4.39 Å². The van der Waals surface area contributed by atoms with Crippen LogP contribution in [-0.4, -0.2) is 11.3 Å². The Kier molecular flexibility index (Phi) is 5.28. The highest BCUT2D eigenvalue weighted by Gasteiger charge is 2.33. The molecule has 2 aromatic rings. The van der Waals surface area contributed by atoms with Crippen LogP contribution < -0.4 is 0 Å². The number of nitrogens with zero attached hydrogens (tertiary/aromatic N) is 1. The molecule has 0 aliphatic heterocycles. The van der Waals surface area contributed by atoms with Crippen LogP contribution in [0.5, 0.6) is 0 Å². The zero-order valence-corrected chi connectivity index (χ0v) is 14.8. The lowest BCUT2D eigenvalue weighted by Gasteiger charge is -2.12. The van der Waals surface area contributed by atoms with Gasteiger partial charge in [0.1, 0.15) is 17.3 Å². The first kappa shape index (κ1) is 17.5. The minimum Gasteiger partial charge on any atom is -0.373 e. The Balaban J connectivity index is 1.98. The van der Waals surface area contributed by atoms with Gasteiger partial charge in [0, 0.05) is 17.0 Å². The SMILES string of the molecule is C=CCC(C)OCc1c(-c2c(Cl)cc(F)cc2Cl)noc1C1CC1. The normalized spacial score (nSPS) is 15.5. The second-order valence-electron chi connectivity index (χ2n) is 6.04. The van der Waals surface area contributed by atoms with E-state index in [4.69, 9.17) is 32.5 Å². The fourth-order valence-corrected chi connectivity index (χ4v) is 3.26. The molecule has 0 N–H and O–H groups in total. The van der Waals surface area contributed by atoms with Gasteiger partial charge in [-0.1, -0.05) is 34.4 Å². The van der Waals surface area contributed by atoms with Crippen molar-refractivity contribution in [2.45, 2.75) is 44.8 Å². The molecule has 1 aliphatic rings. The highest BCUT2D eigenvalue weighted by molar-refractivity contribution is 6.39. The number of rotatable bonds is 7. The first-order valence-corrected chi connectivity index (χ1v) is 8.62. The predicted molar refractivity (Wildman–Crippen MR) is 93.0 cm³/mol. The van der Waals surface area contributed by atoms with Crippen molar-refractivity contribution in [1.29, 1.82) is 0 Å². The molecule has 1 aliphatic carbocycles. The van der Waals surface area contributed by atoms with E-state index in [2.05, 4.69) is 11.7 Å². The van der Waals surface area contributed by atoms with E-state index >= 15 is 0 Å². The maximum Gasteiger partial charge on any atom is 0.145 e. The largest absolute Gasteiger partial charge is 0.373 e. The Bertz CT molecular complexity index is 732. The molecule has 128 valence electrons. The van der Waals surface area contributed by atoms with Gasteiger partial charge in [-0.15, -0.1) is 6.58 Å². The molecular formula is C18H18Cl2FNO2. The number of hydrogen-bond donors (Lipinski definition) is 0. The van der Waals surface area contributed by atoms with Crippen LogP contribution in [0, 0.1) is 5.82 Å². The van der Waals surface area contributed by atoms with Crippen molar-refractivity contribution in [3.05, 3.63) is 52.0 Å². The summed E-state index contributed by atoms with van der Waals surface area (Å²) in [5.41, 5.74) is 1.84. The topological polar surface area (TPSA) is 35.3 Å². The third-order valence-corrected chi connectivity index (χ3v) is 4.62. The lowest BCUT2D eigenvalue weighted by molar-refractivity contribution is 0.0546. The zero-order valence-electron chi connectivity index (χ0n) is 13.3.